The Bertz CT molecular complexity index is 483. The summed E-state index contributed by atoms with van der Waals surface area (Å²) >= 11 is 0. The van der Waals surface area contributed by atoms with Crippen LogP contribution in [0.1, 0.15) is 0 Å². The summed E-state index contributed by atoms with van der Waals surface area (Å²) in [6, 6.07) is 4.68. The van der Waals surface area contributed by atoms with Gasteiger partial charge in [0, 0.05) is 0 Å². The summed E-state index contributed by atoms with van der Waals surface area (Å²) in [5.74, 6) is 0. The lowest BCUT2D eigenvalue weighted by Gasteiger charge is -1.87. The van der Waals surface area contributed by atoms with Gasteiger partial charge in [-0.1, -0.05) is 0 Å². The van der Waals surface area contributed by atoms with Crippen LogP contribution in [0.4, 0.5) is 5.69 Å². The molecule has 0 saturated carbocycles. The normalized spacial score (nSPS) is 10.3. The second kappa shape index (κ2) is 2.30. The average Bonchev–Trinajstić information content (AvgIpc) is 2.43. The van der Waals surface area contributed by atoms with Gasteiger partial charge in [-0.05, 0) is 23.4 Å². The highest BCUT2D eigenvalue weighted by Gasteiger charge is 1.98. The van der Waals surface area contributed by atoms with Gasteiger partial charge in [-0.15, -0.1) is 4.91 Å². The van der Waals surface area contributed by atoms with Gasteiger partial charge in [0.05, 0.1) is 11.0 Å². The molecular weight excluding hydrogens is 158 g/mol. The lowest BCUT2D eigenvalue weighted by atomic mass is 10.3. The largest absolute Gasteiger partial charge is 0.323 e. The van der Waals surface area contributed by atoms with Crippen molar-refractivity contribution in [3.63, 3.8) is 0 Å². The van der Waals surface area contributed by atoms with E-state index in [0.717, 1.165) is 0 Å². The van der Waals surface area contributed by atoms with Gasteiger partial charge >= 0.3 is 5.69 Å². The van der Waals surface area contributed by atoms with Gasteiger partial charge in [-0.25, -0.2) is 4.79 Å². The minimum atomic E-state index is -0.284. The number of hydrogen-bond donors (Lipinski definition) is 2. The van der Waals surface area contributed by atoms with Gasteiger partial charge in [-0.2, -0.15) is 0 Å². The SMILES string of the molecule is O=Nc1ccc2[nH]c(=O)[nH]c2c1. The molecule has 0 amide bonds. The highest BCUT2D eigenvalue weighted by Crippen LogP contribution is 2.16. The summed E-state index contributed by atoms with van der Waals surface area (Å²) in [7, 11) is 0. The lowest BCUT2D eigenvalue weighted by molar-refractivity contribution is 1.21. The Hall–Kier alpha value is -1.91. The first-order chi connectivity index (χ1) is 5.79. The van der Waals surface area contributed by atoms with Crippen molar-refractivity contribution in [1.82, 2.24) is 9.97 Å². The topological polar surface area (TPSA) is 78.1 Å². The average molecular weight is 163 g/mol. The number of hydrogen-bond acceptors (Lipinski definition) is 3. The van der Waals surface area contributed by atoms with Crippen molar-refractivity contribution in [2.75, 3.05) is 0 Å². The fourth-order valence-electron chi connectivity index (χ4n) is 1.08. The van der Waals surface area contributed by atoms with Gasteiger partial charge < -0.3 is 9.97 Å². The summed E-state index contributed by atoms with van der Waals surface area (Å²) in [5.41, 5.74) is 1.29. The quantitative estimate of drug-likeness (QED) is 0.620. The van der Waals surface area contributed by atoms with Crippen molar-refractivity contribution in [3.05, 3.63) is 33.6 Å². The summed E-state index contributed by atoms with van der Waals surface area (Å²) in [6.07, 6.45) is 0. The Balaban J connectivity index is 2.82. The van der Waals surface area contributed by atoms with Crippen LogP contribution in [-0.4, -0.2) is 9.97 Å². The van der Waals surface area contributed by atoms with Crippen LogP contribution < -0.4 is 5.69 Å². The molecule has 0 aliphatic rings. The van der Waals surface area contributed by atoms with Crippen molar-refractivity contribution >= 4 is 16.7 Å². The van der Waals surface area contributed by atoms with Crippen LogP contribution in [0.3, 0.4) is 0 Å². The minimum Gasteiger partial charge on any atom is -0.306 e. The predicted molar refractivity (Wildman–Crippen MR) is 44.4 cm³/mol. The van der Waals surface area contributed by atoms with Crippen molar-refractivity contribution in [2.45, 2.75) is 0 Å². The predicted octanol–water partition coefficient (Wildman–Crippen LogP) is 1.25. The van der Waals surface area contributed by atoms with E-state index >= 15 is 0 Å². The molecule has 0 radical (unpaired) electrons. The third kappa shape index (κ3) is 0.914. The second-order valence-electron chi connectivity index (χ2n) is 2.40. The fraction of sp³-hybridized carbons (Fsp3) is 0. The molecule has 0 atom stereocenters. The molecule has 2 aromatic rings. The van der Waals surface area contributed by atoms with Crippen LogP contribution in [0, 0.1) is 4.91 Å². The van der Waals surface area contributed by atoms with Crippen molar-refractivity contribution in [1.29, 1.82) is 0 Å². The molecule has 0 fully saturated rings. The van der Waals surface area contributed by atoms with E-state index in [1.54, 1.807) is 12.1 Å². The smallest absolute Gasteiger partial charge is 0.306 e. The first-order valence-corrected chi connectivity index (χ1v) is 3.35. The summed E-state index contributed by atoms with van der Waals surface area (Å²) in [4.78, 5) is 26.0. The summed E-state index contributed by atoms with van der Waals surface area (Å²) < 4.78 is 0. The maximum atomic E-state index is 10.8. The zero-order chi connectivity index (χ0) is 8.55. The number of nitrogens with zero attached hydrogens (tertiary/aromatic N) is 1. The molecule has 2 rings (SSSR count). The first kappa shape index (κ1) is 6.78. The molecule has 0 aliphatic heterocycles. The zero-order valence-electron chi connectivity index (χ0n) is 6.00. The third-order valence-electron chi connectivity index (χ3n) is 1.60. The number of imidazole rings is 1. The highest BCUT2D eigenvalue weighted by molar-refractivity contribution is 5.77. The summed E-state index contributed by atoms with van der Waals surface area (Å²) in [6.45, 7) is 0. The molecule has 1 aromatic carbocycles. The van der Waals surface area contributed by atoms with Crippen LogP contribution in [-0.2, 0) is 0 Å². The van der Waals surface area contributed by atoms with Gasteiger partial charge in [0.2, 0.25) is 0 Å². The van der Waals surface area contributed by atoms with E-state index < -0.39 is 0 Å². The lowest BCUT2D eigenvalue weighted by Crippen LogP contribution is -1.99. The maximum Gasteiger partial charge on any atom is 0.323 e. The second-order valence-corrected chi connectivity index (χ2v) is 2.40. The molecular formula is C7H5N3O2. The van der Waals surface area contributed by atoms with E-state index in [1.807, 2.05) is 0 Å². The van der Waals surface area contributed by atoms with E-state index in [4.69, 9.17) is 0 Å². The van der Waals surface area contributed by atoms with Crippen LogP contribution in [0.2, 0.25) is 0 Å². The molecule has 5 nitrogen and oxygen atoms in total. The Kier molecular flexibility index (Phi) is 1.30. The Morgan fingerprint density at radius 3 is 2.67 bits per heavy atom. The number of H-pyrrole nitrogens is 2. The third-order valence-corrected chi connectivity index (χ3v) is 1.60. The van der Waals surface area contributed by atoms with E-state index in [2.05, 4.69) is 15.1 Å². The Morgan fingerprint density at radius 2 is 1.92 bits per heavy atom. The van der Waals surface area contributed by atoms with Crippen LogP contribution in [0.5, 0.6) is 0 Å². The number of aromatic nitrogens is 2. The van der Waals surface area contributed by atoms with Crippen molar-refractivity contribution < 1.29 is 0 Å². The first-order valence-electron chi connectivity index (χ1n) is 3.35. The fourth-order valence-corrected chi connectivity index (χ4v) is 1.08. The van der Waals surface area contributed by atoms with Gasteiger partial charge in [0.25, 0.3) is 0 Å². The number of aromatic amines is 2. The number of benzene rings is 1. The molecule has 0 aliphatic carbocycles. The molecule has 12 heavy (non-hydrogen) atoms. The van der Waals surface area contributed by atoms with Gasteiger partial charge in [0.15, 0.2) is 0 Å². The van der Waals surface area contributed by atoms with Gasteiger partial charge in [-0.3, -0.25) is 0 Å². The minimum absolute atomic E-state index is 0.284. The van der Waals surface area contributed by atoms with Crippen molar-refractivity contribution in [3.8, 4) is 0 Å². The highest BCUT2D eigenvalue weighted by atomic mass is 16.3. The molecule has 0 bridgehead atoms. The van der Waals surface area contributed by atoms with E-state index in [9.17, 15) is 9.70 Å². The maximum absolute atomic E-state index is 10.8. The zero-order valence-corrected chi connectivity index (χ0v) is 6.00. The monoisotopic (exact) mass is 163 g/mol. The standard InChI is InChI=1S/C7H5N3O2/c11-7-8-5-2-1-4(10-12)3-6(5)9-7/h1-3H,(H2,8,9,11). The number of rotatable bonds is 1. The van der Waals surface area contributed by atoms with E-state index in [-0.39, 0.29) is 5.69 Å². The summed E-state index contributed by atoms with van der Waals surface area (Å²) in [5, 5.41) is 2.74. The molecule has 5 heteroatoms. The van der Waals surface area contributed by atoms with Crippen LogP contribution in [0.15, 0.2) is 28.2 Å². The van der Waals surface area contributed by atoms with E-state index in [1.165, 1.54) is 6.07 Å². The Labute approximate surface area is 66.4 Å². The molecule has 0 saturated heterocycles. The molecule has 60 valence electrons. The number of nitroso groups, excluding NO2 is 1. The molecule has 0 unspecified atom stereocenters. The molecule has 1 aromatic heterocycles. The molecule has 0 spiro atoms. The number of nitrogens with one attached hydrogen (secondary N) is 2. The number of fused-ring (bicyclic) bond motifs is 1. The van der Waals surface area contributed by atoms with Crippen molar-refractivity contribution in [2.24, 2.45) is 5.18 Å². The van der Waals surface area contributed by atoms with Crippen LogP contribution >= 0.6 is 0 Å². The molecule has 2 N–H and O–H groups in total. The Morgan fingerprint density at radius 1 is 1.17 bits per heavy atom. The van der Waals surface area contributed by atoms with Crippen LogP contribution in [0.25, 0.3) is 11.0 Å². The van der Waals surface area contributed by atoms with E-state index in [0.29, 0.717) is 16.7 Å². The molecule has 1 heterocycles. The van der Waals surface area contributed by atoms with Gasteiger partial charge in [0.1, 0.15) is 5.69 Å².